The van der Waals surface area contributed by atoms with Crippen molar-refractivity contribution in [2.24, 2.45) is 5.41 Å². The zero-order chi connectivity index (χ0) is 14.1. The quantitative estimate of drug-likeness (QED) is 0.887. The van der Waals surface area contributed by atoms with Crippen molar-refractivity contribution in [1.82, 2.24) is 0 Å². The van der Waals surface area contributed by atoms with Crippen LogP contribution in [-0.2, 0) is 11.2 Å². The minimum absolute atomic E-state index is 0.0302. The summed E-state index contributed by atoms with van der Waals surface area (Å²) in [5.74, 6) is -2.90. The van der Waals surface area contributed by atoms with E-state index >= 15 is 0 Å². The molecular weight excluding hydrogens is 263 g/mol. The van der Waals surface area contributed by atoms with Crippen LogP contribution in [0.4, 0.5) is 4.39 Å². The van der Waals surface area contributed by atoms with Crippen LogP contribution in [0.5, 0.6) is 11.5 Å². The molecule has 1 aromatic carbocycles. The Morgan fingerprint density at radius 2 is 2.11 bits per heavy atom. The summed E-state index contributed by atoms with van der Waals surface area (Å²) < 4.78 is 18.5. The molecule has 0 spiro atoms. The molecule has 0 atom stereocenters. The summed E-state index contributed by atoms with van der Waals surface area (Å²) in [6, 6.07) is 1.31. The summed E-state index contributed by atoms with van der Waals surface area (Å²) >= 11 is 5.66. The zero-order valence-corrected chi connectivity index (χ0v) is 11.0. The Bertz CT molecular complexity index is 485. The molecule has 0 fully saturated rings. The number of phenols is 1. The van der Waals surface area contributed by atoms with Gasteiger partial charge in [0.25, 0.3) is 0 Å². The van der Waals surface area contributed by atoms with Crippen molar-refractivity contribution < 1.29 is 24.1 Å². The van der Waals surface area contributed by atoms with Crippen molar-refractivity contribution >= 4 is 17.6 Å². The average Bonchev–Trinajstić information content (AvgIpc) is 2.26. The molecule has 0 aromatic heterocycles. The van der Waals surface area contributed by atoms with E-state index in [0.29, 0.717) is 5.56 Å². The number of hydrogen-bond acceptors (Lipinski definition) is 3. The van der Waals surface area contributed by atoms with Crippen LogP contribution in [0.1, 0.15) is 19.4 Å². The maximum atomic E-state index is 13.7. The van der Waals surface area contributed by atoms with Gasteiger partial charge < -0.3 is 14.9 Å². The van der Waals surface area contributed by atoms with Gasteiger partial charge in [-0.1, -0.05) is 11.6 Å². The van der Waals surface area contributed by atoms with E-state index in [1.165, 1.54) is 27.0 Å². The van der Waals surface area contributed by atoms with Gasteiger partial charge in [-0.2, -0.15) is 4.39 Å². The van der Waals surface area contributed by atoms with Crippen molar-refractivity contribution in [3.8, 4) is 11.5 Å². The van der Waals surface area contributed by atoms with Gasteiger partial charge in [0.1, 0.15) is 0 Å². The number of carboxylic acids is 1. The molecule has 0 amide bonds. The van der Waals surface area contributed by atoms with Gasteiger partial charge in [0.2, 0.25) is 5.82 Å². The molecule has 0 aliphatic carbocycles. The van der Waals surface area contributed by atoms with Gasteiger partial charge in [-0.25, -0.2) is 0 Å². The third-order valence-corrected chi connectivity index (χ3v) is 2.93. The van der Waals surface area contributed by atoms with Gasteiger partial charge in [-0.3, -0.25) is 4.79 Å². The fourth-order valence-corrected chi connectivity index (χ4v) is 1.76. The smallest absolute Gasteiger partial charge is 0.309 e. The van der Waals surface area contributed by atoms with E-state index in [0.717, 1.165) is 0 Å². The fraction of sp³-hybridized carbons (Fsp3) is 0.417. The summed E-state index contributed by atoms with van der Waals surface area (Å²) in [5.41, 5.74) is -0.801. The Morgan fingerprint density at radius 1 is 1.56 bits per heavy atom. The lowest BCUT2D eigenvalue weighted by Gasteiger charge is -2.21. The molecule has 18 heavy (non-hydrogen) atoms. The second kappa shape index (κ2) is 5.02. The van der Waals surface area contributed by atoms with Gasteiger partial charge >= 0.3 is 5.97 Å². The maximum Gasteiger partial charge on any atom is 0.309 e. The lowest BCUT2D eigenvalue weighted by atomic mass is 9.85. The highest BCUT2D eigenvalue weighted by Crippen LogP contribution is 2.38. The van der Waals surface area contributed by atoms with Crippen LogP contribution >= 0.6 is 11.6 Å². The molecule has 0 saturated carbocycles. The number of hydrogen-bond donors (Lipinski definition) is 2. The number of rotatable bonds is 4. The van der Waals surface area contributed by atoms with Crippen LogP contribution in [0.2, 0.25) is 5.02 Å². The highest BCUT2D eigenvalue weighted by Gasteiger charge is 2.30. The van der Waals surface area contributed by atoms with E-state index in [1.807, 2.05) is 0 Å². The third-order valence-electron chi connectivity index (χ3n) is 2.64. The van der Waals surface area contributed by atoms with Gasteiger partial charge in [-0.15, -0.1) is 0 Å². The number of halogens is 2. The number of aliphatic carboxylic acids is 1. The molecule has 0 bridgehead atoms. The number of benzene rings is 1. The second-order valence-corrected chi connectivity index (χ2v) is 4.99. The highest BCUT2D eigenvalue weighted by molar-refractivity contribution is 6.32. The Morgan fingerprint density at radius 3 is 2.56 bits per heavy atom. The first-order valence-electron chi connectivity index (χ1n) is 5.18. The van der Waals surface area contributed by atoms with E-state index in [4.69, 9.17) is 21.4 Å². The number of carboxylic acid groups (broad SMARTS) is 1. The SMILES string of the molecule is COc1c(CC(C)(C)C(=O)O)cc(Cl)c(O)c1F. The maximum absolute atomic E-state index is 13.7. The monoisotopic (exact) mass is 276 g/mol. The minimum Gasteiger partial charge on any atom is -0.504 e. The molecule has 100 valence electrons. The molecule has 0 saturated heterocycles. The summed E-state index contributed by atoms with van der Waals surface area (Å²) in [7, 11) is 1.24. The largest absolute Gasteiger partial charge is 0.504 e. The molecule has 0 aliphatic rings. The zero-order valence-electron chi connectivity index (χ0n) is 10.3. The molecule has 0 radical (unpaired) electrons. The first-order valence-corrected chi connectivity index (χ1v) is 5.55. The molecule has 0 unspecified atom stereocenters. The topological polar surface area (TPSA) is 66.8 Å². The first kappa shape index (κ1) is 14.6. The van der Waals surface area contributed by atoms with Crippen LogP contribution in [0.15, 0.2) is 6.07 Å². The third kappa shape index (κ3) is 2.67. The standard InChI is InChI=1S/C12H14ClFO4/c1-12(2,11(16)17)5-6-4-7(13)9(15)8(14)10(6)18-3/h4,15H,5H2,1-3H3,(H,16,17). The van der Waals surface area contributed by atoms with Gasteiger partial charge in [-0.05, 0) is 26.3 Å². The summed E-state index contributed by atoms with van der Waals surface area (Å²) in [4.78, 5) is 11.0. The Labute approximate surface area is 109 Å². The van der Waals surface area contributed by atoms with E-state index in [9.17, 15) is 14.3 Å². The number of ether oxygens (including phenoxy) is 1. The minimum atomic E-state index is -1.10. The number of methoxy groups -OCH3 is 1. The van der Waals surface area contributed by atoms with Crippen molar-refractivity contribution in [3.05, 3.63) is 22.5 Å². The van der Waals surface area contributed by atoms with E-state index in [2.05, 4.69) is 0 Å². The van der Waals surface area contributed by atoms with Gasteiger partial charge in [0.15, 0.2) is 11.5 Å². The van der Waals surface area contributed by atoms with Gasteiger partial charge in [0, 0.05) is 5.56 Å². The summed E-state index contributed by atoms with van der Waals surface area (Å²) in [5, 5.41) is 18.2. The Kier molecular flexibility index (Phi) is 4.06. The predicted octanol–water partition coefficient (Wildman–Crippen LogP) is 2.85. The fourth-order valence-electron chi connectivity index (χ4n) is 1.54. The molecule has 1 aromatic rings. The van der Waals surface area contributed by atoms with Crippen molar-refractivity contribution in [2.45, 2.75) is 20.3 Å². The van der Waals surface area contributed by atoms with Crippen molar-refractivity contribution in [1.29, 1.82) is 0 Å². The van der Waals surface area contributed by atoms with Crippen molar-refractivity contribution in [3.63, 3.8) is 0 Å². The Balaban J connectivity index is 3.29. The van der Waals surface area contributed by atoms with E-state index in [1.54, 1.807) is 0 Å². The lowest BCUT2D eigenvalue weighted by Crippen LogP contribution is -2.26. The van der Waals surface area contributed by atoms with Crippen molar-refractivity contribution in [2.75, 3.05) is 7.11 Å². The predicted molar refractivity (Wildman–Crippen MR) is 64.7 cm³/mol. The number of aromatic hydroxyl groups is 1. The van der Waals surface area contributed by atoms with Crippen LogP contribution < -0.4 is 4.74 Å². The first-order chi connectivity index (χ1) is 8.20. The van der Waals surface area contributed by atoms with E-state index in [-0.39, 0.29) is 17.2 Å². The molecule has 0 heterocycles. The Hall–Kier alpha value is -1.49. The average molecular weight is 277 g/mol. The molecule has 6 heteroatoms. The second-order valence-electron chi connectivity index (χ2n) is 4.58. The molecule has 1 rings (SSSR count). The molecular formula is C12H14ClFO4. The highest BCUT2D eigenvalue weighted by atomic mass is 35.5. The number of carbonyl (C=O) groups is 1. The molecule has 2 N–H and O–H groups in total. The van der Waals surface area contributed by atoms with Crippen LogP contribution in [0.25, 0.3) is 0 Å². The lowest BCUT2D eigenvalue weighted by molar-refractivity contribution is -0.146. The van der Waals surface area contributed by atoms with Crippen LogP contribution in [0.3, 0.4) is 0 Å². The molecule has 4 nitrogen and oxygen atoms in total. The van der Waals surface area contributed by atoms with Crippen LogP contribution in [0, 0.1) is 11.2 Å². The molecule has 0 aliphatic heterocycles. The van der Waals surface area contributed by atoms with E-state index < -0.39 is 23.0 Å². The van der Waals surface area contributed by atoms with Crippen LogP contribution in [-0.4, -0.2) is 23.3 Å². The number of phenolic OH excluding ortho intramolecular Hbond substituents is 1. The summed E-state index contributed by atoms with van der Waals surface area (Å²) in [6.45, 7) is 3.01. The summed E-state index contributed by atoms with van der Waals surface area (Å²) in [6.07, 6.45) is 0.0302. The van der Waals surface area contributed by atoms with Gasteiger partial charge in [0.05, 0.1) is 17.5 Å². The normalized spacial score (nSPS) is 11.4.